The van der Waals surface area contributed by atoms with Crippen LogP contribution in [0.15, 0.2) is 23.4 Å². The molecule has 1 atom stereocenters. The zero-order valence-corrected chi connectivity index (χ0v) is 14.6. The lowest BCUT2D eigenvalue weighted by atomic mass is 10.2. The minimum absolute atomic E-state index is 0.00683. The lowest BCUT2D eigenvalue weighted by Gasteiger charge is -2.34. The molecular weight excluding hydrogens is 340 g/mol. The molecule has 3 rings (SSSR count). The van der Waals surface area contributed by atoms with Crippen molar-refractivity contribution >= 4 is 11.6 Å². The molecule has 1 aliphatic rings. The third-order valence-corrected chi connectivity index (χ3v) is 4.21. The Morgan fingerprint density at radius 3 is 3.12 bits per heavy atom. The molecule has 0 saturated carbocycles. The molecule has 0 aliphatic carbocycles. The lowest BCUT2D eigenvalue weighted by molar-refractivity contribution is -0.121. The number of nitrogens with one attached hydrogen (secondary N) is 1. The molecule has 140 valence electrons. The predicted octanol–water partition coefficient (Wildman–Crippen LogP) is -1.43. The second-order valence-electron chi connectivity index (χ2n) is 6.08. The van der Waals surface area contributed by atoms with Crippen LogP contribution >= 0.6 is 0 Å². The first-order valence-corrected chi connectivity index (χ1v) is 8.49. The van der Waals surface area contributed by atoms with Gasteiger partial charge in [0.15, 0.2) is 0 Å². The summed E-state index contributed by atoms with van der Waals surface area (Å²) < 4.78 is 8.57. The van der Waals surface area contributed by atoms with Crippen molar-refractivity contribution in [3.8, 4) is 0 Å². The van der Waals surface area contributed by atoms with Gasteiger partial charge in [-0.3, -0.25) is 9.59 Å². The van der Waals surface area contributed by atoms with E-state index in [0.29, 0.717) is 45.6 Å². The van der Waals surface area contributed by atoms with Crippen molar-refractivity contribution in [2.75, 3.05) is 31.1 Å². The summed E-state index contributed by atoms with van der Waals surface area (Å²) in [5.41, 5.74) is 0.660. The van der Waals surface area contributed by atoms with Crippen LogP contribution in [0.3, 0.4) is 0 Å². The fourth-order valence-corrected chi connectivity index (χ4v) is 2.72. The number of nitrogens with zero attached hydrogens (tertiary/aromatic N) is 7. The van der Waals surface area contributed by atoms with Crippen LogP contribution in [0.1, 0.15) is 12.8 Å². The van der Waals surface area contributed by atoms with Crippen molar-refractivity contribution < 1.29 is 9.53 Å². The largest absolute Gasteiger partial charge is 0.374 e. The van der Waals surface area contributed by atoms with Gasteiger partial charge >= 0.3 is 0 Å². The first-order valence-electron chi connectivity index (χ1n) is 8.49. The minimum atomic E-state index is -0.139. The van der Waals surface area contributed by atoms with Gasteiger partial charge in [0.1, 0.15) is 6.33 Å². The van der Waals surface area contributed by atoms with Crippen LogP contribution in [0.4, 0.5) is 5.69 Å². The number of amides is 1. The van der Waals surface area contributed by atoms with Gasteiger partial charge in [0, 0.05) is 39.2 Å². The molecule has 1 aliphatic heterocycles. The van der Waals surface area contributed by atoms with E-state index < -0.39 is 0 Å². The molecule has 0 spiro atoms. The van der Waals surface area contributed by atoms with Crippen LogP contribution in [-0.2, 0) is 23.1 Å². The lowest BCUT2D eigenvalue weighted by Crippen LogP contribution is -2.44. The molecule has 11 nitrogen and oxygen atoms in total. The zero-order chi connectivity index (χ0) is 18.4. The van der Waals surface area contributed by atoms with Gasteiger partial charge in [-0.1, -0.05) is 0 Å². The molecule has 0 bridgehead atoms. The normalized spacial score (nSPS) is 17.3. The van der Waals surface area contributed by atoms with E-state index in [1.807, 2.05) is 0 Å². The molecule has 26 heavy (non-hydrogen) atoms. The van der Waals surface area contributed by atoms with Gasteiger partial charge in [-0.05, 0) is 16.8 Å². The van der Waals surface area contributed by atoms with Crippen molar-refractivity contribution in [3.05, 3.63) is 28.9 Å². The molecule has 0 radical (unpaired) electrons. The number of tetrazole rings is 1. The number of aryl methyl sites for hydroxylation is 2. The van der Waals surface area contributed by atoms with E-state index in [4.69, 9.17) is 4.74 Å². The van der Waals surface area contributed by atoms with Crippen LogP contribution < -0.4 is 15.8 Å². The maximum absolute atomic E-state index is 11.8. The van der Waals surface area contributed by atoms with Crippen molar-refractivity contribution in [2.24, 2.45) is 7.05 Å². The third-order valence-electron chi connectivity index (χ3n) is 4.21. The maximum atomic E-state index is 11.8. The zero-order valence-electron chi connectivity index (χ0n) is 14.6. The number of aromatic nitrogens is 6. The summed E-state index contributed by atoms with van der Waals surface area (Å²) in [5.74, 6) is -0.0519. The highest BCUT2D eigenvalue weighted by Crippen LogP contribution is 2.16. The summed E-state index contributed by atoms with van der Waals surface area (Å²) in [6.45, 7) is 2.93. The van der Waals surface area contributed by atoms with E-state index in [1.54, 1.807) is 19.3 Å². The van der Waals surface area contributed by atoms with Gasteiger partial charge in [0.05, 0.1) is 31.1 Å². The molecule has 2 aromatic rings. The standard InChI is InChI=1S/C15H22N8O3/c1-21-15(25)8-12(9-18-21)22-6-7-26-13(10-22)2-4-16-14(24)3-5-23-11-17-19-20-23/h8-9,11,13H,2-7,10H2,1H3,(H,16,24). The van der Waals surface area contributed by atoms with Crippen molar-refractivity contribution in [1.29, 1.82) is 0 Å². The molecule has 1 saturated heterocycles. The molecule has 1 fully saturated rings. The first-order chi connectivity index (χ1) is 12.6. The fraction of sp³-hybridized carbons (Fsp3) is 0.600. The average molecular weight is 362 g/mol. The minimum Gasteiger partial charge on any atom is -0.374 e. The van der Waals surface area contributed by atoms with E-state index in [9.17, 15) is 9.59 Å². The molecule has 3 heterocycles. The summed E-state index contributed by atoms with van der Waals surface area (Å²) in [4.78, 5) is 25.7. The summed E-state index contributed by atoms with van der Waals surface area (Å²) in [6.07, 6.45) is 4.17. The Kier molecular flexibility index (Phi) is 5.89. The Bertz CT molecular complexity index is 775. The highest BCUT2D eigenvalue weighted by Gasteiger charge is 2.21. The molecule has 1 amide bonds. The van der Waals surface area contributed by atoms with Gasteiger partial charge in [0.25, 0.3) is 5.56 Å². The second kappa shape index (κ2) is 8.52. The summed E-state index contributed by atoms with van der Waals surface area (Å²) in [7, 11) is 1.62. The highest BCUT2D eigenvalue weighted by atomic mass is 16.5. The van der Waals surface area contributed by atoms with E-state index in [0.717, 1.165) is 5.69 Å². The van der Waals surface area contributed by atoms with Crippen LogP contribution in [0.2, 0.25) is 0 Å². The Morgan fingerprint density at radius 1 is 1.46 bits per heavy atom. The molecule has 11 heteroatoms. The van der Waals surface area contributed by atoms with Crippen LogP contribution in [0, 0.1) is 0 Å². The van der Waals surface area contributed by atoms with Gasteiger partial charge in [-0.15, -0.1) is 5.10 Å². The van der Waals surface area contributed by atoms with Crippen molar-refractivity contribution in [3.63, 3.8) is 0 Å². The maximum Gasteiger partial charge on any atom is 0.268 e. The molecular formula is C15H22N8O3. The number of rotatable bonds is 7. The van der Waals surface area contributed by atoms with Gasteiger partial charge in [-0.25, -0.2) is 9.36 Å². The second-order valence-corrected chi connectivity index (χ2v) is 6.08. The summed E-state index contributed by atoms with van der Waals surface area (Å²) in [6, 6.07) is 1.58. The predicted molar refractivity (Wildman–Crippen MR) is 91.5 cm³/mol. The number of anilines is 1. The Labute approximate surface area is 149 Å². The summed E-state index contributed by atoms with van der Waals surface area (Å²) in [5, 5.41) is 17.7. The topological polar surface area (TPSA) is 120 Å². The average Bonchev–Trinajstić information content (AvgIpc) is 3.16. The number of hydrogen-bond acceptors (Lipinski definition) is 8. The highest BCUT2D eigenvalue weighted by molar-refractivity contribution is 5.75. The smallest absolute Gasteiger partial charge is 0.268 e. The Balaban J connectivity index is 1.41. The Morgan fingerprint density at radius 2 is 2.35 bits per heavy atom. The number of hydrogen-bond donors (Lipinski definition) is 1. The van der Waals surface area contributed by atoms with E-state index >= 15 is 0 Å². The Hall–Kier alpha value is -2.82. The van der Waals surface area contributed by atoms with Crippen LogP contribution in [-0.4, -0.2) is 68.2 Å². The van der Waals surface area contributed by atoms with Crippen molar-refractivity contribution in [1.82, 2.24) is 35.3 Å². The van der Waals surface area contributed by atoms with Gasteiger partial charge < -0.3 is 15.0 Å². The first kappa shape index (κ1) is 18.0. The number of ether oxygens (including phenoxy) is 1. The molecule has 1 N–H and O–H groups in total. The van der Waals surface area contributed by atoms with E-state index in [2.05, 4.69) is 30.8 Å². The molecule has 0 aromatic carbocycles. The molecule has 1 unspecified atom stereocenters. The van der Waals surface area contributed by atoms with E-state index in [-0.39, 0.29) is 17.6 Å². The van der Waals surface area contributed by atoms with Gasteiger partial charge in [-0.2, -0.15) is 5.10 Å². The number of carbonyl (C=O) groups excluding carboxylic acids is 1. The van der Waals surface area contributed by atoms with Crippen LogP contribution in [0.25, 0.3) is 0 Å². The van der Waals surface area contributed by atoms with Crippen molar-refractivity contribution in [2.45, 2.75) is 25.5 Å². The third kappa shape index (κ3) is 4.85. The van der Waals surface area contributed by atoms with E-state index in [1.165, 1.54) is 15.7 Å². The SMILES string of the molecule is Cn1ncc(N2CCOC(CCNC(=O)CCn3cnnn3)C2)cc1=O. The quantitative estimate of drug-likeness (QED) is 0.636. The summed E-state index contributed by atoms with van der Waals surface area (Å²) >= 11 is 0. The number of morpholine rings is 1. The van der Waals surface area contributed by atoms with Crippen LogP contribution in [0.5, 0.6) is 0 Å². The van der Waals surface area contributed by atoms with Gasteiger partial charge in [0.2, 0.25) is 5.91 Å². The fourth-order valence-electron chi connectivity index (χ4n) is 2.72. The number of carbonyl (C=O) groups is 1. The monoisotopic (exact) mass is 362 g/mol. The molecule has 2 aromatic heterocycles.